The zero-order chi connectivity index (χ0) is 23.8. The van der Waals surface area contributed by atoms with Gasteiger partial charge in [0.05, 0.1) is 5.69 Å². The van der Waals surface area contributed by atoms with Gasteiger partial charge >= 0.3 is 0 Å². The highest BCUT2D eigenvalue weighted by Crippen LogP contribution is 2.62. The minimum atomic E-state index is -0.228. The van der Waals surface area contributed by atoms with Gasteiger partial charge in [0.1, 0.15) is 6.17 Å². The van der Waals surface area contributed by atoms with E-state index in [2.05, 4.69) is 119 Å². The van der Waals surface area contributed by atoms with Crippen molar-refractivity contribution in [1.29, 1.82) is 0 Å². The smallest absolute Gasteiger partial charge is 0.158 e. The number of aryl methyl sites for hydroxylation is 1. The van der Waals surface area contributed by atoms with Gasteiger partial charge in [0.25, 0.3) is 0 Å². The van der Waals surface area contributed by atoms with Crippen molar-refractivity contribution in [2.45, 2.75) is 65.5 Å². The molecule has 0 N–H and O–H groups in total. The molecule has 2 aliphatic heterocycles. The van der Waals surface area contributed by atoms with Crippen molar-refractivity contribution in [3.8, 4) is 0 Å². The SMILES string of the molecule is C=CC1(C)c2cc(C(C)(C)C)ccc2N2c3ncccc3N(c3ccccc3C)C2C1(C)C. The highest BCUT2D eigenvalue weighted by atomic mass is 15.5. The van der Waals surface area contributed by atoms with Crippen LogP contribution in [0.25, 0.3) is 0 Å². The van der Waals surface area contributed by atoms with Crippen molar-refractivity contribution >= 4 is 22.9 Å². The Morgan fingerprint density at radius 2 is 1.61 bits per heavy atom. The van der Waals surface area contributed by atoms with Crippen LogP contribution in [0.2, 0.25) is 0 Å². The molecule has 0 spiro atoms. The van der Waals surface area contributed by atoms with Crippen LogP contribution in [0.15, 0.2) is 73.4 Å². The van der Waals surface area contributed by atoms with E-state index in [-0.39, 0.29) is 22.4 Å². The van der Waals surface area contributed by atoms with Gasteiger partial charge in [-0.1, -0.05) is 78.0 Å². The van der Waals surface area contributed by atoms with Gasteiger partial charge in [-0.3, -0.25) is 0 Å². The third-order valence-corrected chi connectivity index (χ3v) is 8.19. The first kappa shape index (κ1) is 21.8. The Balaban J connectivity index is 1.85. The van der Waals surface area contributed by atoms with Crippen LogP contribution in [0.1, 0.15) is 58.2 Å². The van der Waals surface area contributed by atoms with Crippen LogP contribution in [0.3, 0.4) is 0 Å². The molecule has 3 heteroatoms. The van der Waals surface area contributed by atoms with Crippen molar-refractivity contribution in [3.05, 3.63) is 90.1 Å². The Labute approximate surface area is 198 Å². The molecule has 2 aliphatic rings. The fourth-order valence-corrected chi connectivity index (χ4v) is 5.73. The molecule has 3 heterocycles. The van der Waals surface area contributed by atoms with E-state index in [0.29, 0.717) is 0 Å². The van der Waals surface area contributed by atoms with Crippen molar-refractivity contribution < 1.29 is 0 Å². The van der Waals surface area contributed by atoms with Crippen molar-refractivity contribution in [2.24, 2.45) is 5.41 Å². The maximum absolute atomic E-state index is 4.92. The van der Waals surface area contributed by atoms with Crippen molar-refractivity contribution in [2.75, 3.05) is 9.80 Å². The molecule has 0 aliphatic carbocycles. The Morgan fingerprint density at radius 1 is 0.909 bits per heavy atom. The lowest BCUT2D eigenvalue weighted by molar-refractivity contribution is 0.170. The first-order chi connectivity index (χ1) is 15.5. The maximum atomic E-state index is 4.92. The predicted octanol–water partition coefficient (Wildman–Crippen LogP) is 7.79. The molecule has 3 aromatic rings. The van der Waals surface area contributed by atoms with E-state index in [1.165, 1.54) is 28.1 Å². The molecule has 0 saturated carbocycles. The van der Waals surface area contributed by atoms with Gasteiger partial charge in [0.15, 0.2) is 5.82 Å². The quantitative estimate of drug-likeness (QED) is 0.381. The molecule has 0 amide bonds. The van der Waals surface area contributed by atoms with Gasteiger partial charge < -0.3 is 9.80 Å². The number of para-hydroxylation sites is 1. The summed E-state index contributed by atoms with van der Waals surface area (Å²) in [4.78, 5) is 9.88. The second-order valence-corrected chi connectivity index (χ2v) is 11.4. The molecule has 170 valence electrons. The molecule has 2 aromatic carbocycles. The van der Waals surface area contributed by atoms with Crippen LogP contribution in [0.5, 0.6) is 0 Å². The lowest BCUT2D eigenvalue weighted by Gasteiger charge is -2.56. The number of allylic oxidation sites excluding steroid dienone is 1. The summed E-state index contributed by atoms with van der Waals surface area (Å²) in [6.45, 7) is 20.5. The van der Waals surface area contributed by atoms with E-state index in [4.69, 9.17) is 4.98 Å². The average molecular weight is 438 g/mol. The standard InChI is InChI=1S/C30H35N3/c1-9-30(8)22-19-21(28(3,4)5)16-17-24(22)33-26-25(15-12-18-31-26)32(27(33)29(30,6)7)23-14-11-10-13-20(23)2/h9-19,27H,1H2,2-8H3. The predicted molar refractivity (Wildman–Crippen MR) is 140 cm³/mol. The fourth-order valence-electron chi connectivity index (χ4n) is 5.73. The van der Waals surface area contributed by atoms with E-state index in [0.717, 1.165) is 11.5 Å². The van der Waals surface area contributed by atoms with Gasteiger partial charge in [-0.05, 0) is 53.3 Å². The Kier molecular flexibility index (Phi) is 4.59. The summed E-state index contributed by atoms with van der Waals surface area (Å²) in [5.41, 5.74) is 7.23. The number of fused-ring (bicyclic) bond motifs is 5. The summed E-state index contributed by atoms with van der Waals surface area (Å²) in [5.74, 6) is 1.02. The Bertz CT molecular complexity index is 1250. The topological polar surface area (TPSA) is 19.4 Å². The van der Waals surface area contributed by atoms with Gasteiger partial charge in [0, 0.05) is 28.4 Å². The average Bonchev–Trinajstić information content (AvgIpc) is 3.13. The van der Waals surface area contributed by atoms with Gasteiger partial charge in [-0.15, -0.1) is 6.58 Å². The van der Waals surface area contributed by atoms with E-state index >= 15 is 0 Å². The summed E-state index contributed by atoms with van der Waals surface area (Å²) in [7, 11) is 0. The number of rotatable bonds is 2. The lowest BCUT2D eigenvalue weighted by Crippen LogP contribution is -2.60. The largest absolute Gasteiger partial charge is 0.316 e. The van der Waals surface area contributed by atoms with Crippen LogP contribution < -0.4 is 9.80 Å². The van der Waals surface area contributed by atoms with Crippen LogP contribution in [-0.4, -0.2) is 11.1 Å². The molecular weight excluding hydrogens is 402 g/mol. The molecule has 0 radical (unpaired) electrons. The highest BCUT2D eigenvalue weighted by Gasteiger charge is 2.59. The summed E-state index contributed by atoms with van der Waals surface area (Å²) in [5, 5.41) is 0. The fraction of sp³-hybridized carbons (Fsp3) is 0.367. The number of nitrogens with zero attached hydrogens (tertiary/aromatic N) is 3. The van der Waals surface area contributed by atoms with Crippen LogP contribution in [0.4, 0.5) is 22.9 Å². The van der Waals surface area contributed by atoms with Crippen LogP contribution in [-0.2, 0) is 10.8 Å². The summed E-state index contributed by atoms with van der Waals surface area (Å²) in [6.07, 6.45) is 4.15. The Hall–Kier alpha value is -3.07. The molecule has 0 bridgehead atoms. The molecule has 1 aromatic heterocycles. The first-order valence-electron chi connectivity index (χ1n) is 11.9. The third-order valence-electron chi connectivity index (χ3n) is 8.19. The molecule has 2 atom stereocenters. The number of benzene rings is 2. The van der Waals surface area contributed by atoms with Crippen molar-refractivity contribution in [3.63, 3.8) is 0 Å². The molecule has 0 fully saturated rings. The number of aromatic nitrogens is 1. The number of hydrogen-bond donors (Lipinski definition) is 0. The van der Waals surface area contributed by atoms with Crippen molar-refractivity contribution in [1.82, 2.24) is 4.98 Å². The second-order valence-electron chi connectivity index (χ2n) is 11.4. The summed E-state index contributed by atoms with van der Waals surface area (Å²) < 4.78 is 0. The van der Waals surface area contributed by atoms with Gasteiger partial charge in [-0.2, -0.15) is 0 Å². The van der Waals surface area contributed by atoms with Crippen LogP contribution >= 0.6 is 0 Å². The van der Waals surface area contributed by atoms with E-state index in [9.17, 15) is 0 Å². The van der Waals surface area contributed by atoms with Gasteiger partial charge in [-0.25, -0.2) is 4.98 Å². The Morgan fingerprint density at radius 3 is 2.27 bits per heavy atom. The summed E-state index contributed by atoms with van der Waals surface area (Å²) >= 11 is 0. The summed E-state index contributed by atoms with van der Waals surface area (Å²) in [6, 6.07) is 19.9. The van der Waals surface area contributed by atoms with E-state index < -0.39 is 0 Å². The molecule has 2 unspecified atom stereocenters. The lowest BCUT2D eigenvalue weighted by atomic mass is 9.58. The van der Waals surface area contributed by atoms with Gasteiger partial charge in [0.2, 0.25) is 0 Å². The van der Waals surface area contributed by atoms with Crippen LogP contribution in [0, 0.1) is 12.3 Å². The maximum Gasteiger partial charge on any atom is 0.158 e. The number of pyridine rings is 1. The number of hydrogen-bond acceptors (Lipinski definition) is 3. The second kappa shape index (κ2) is 6.96. The minimum Gasteiger partial charge on any atom is -0.316 e. The molecule has 33 heavy (non-hydrogen) atoms. The molecule has 3 nitrogen and oxygen atoms in total. The number of anilines is 4. The normalized spacial score (nSPS) is 23.1. The first-order valence-corrected chi connectivity index (χ1v) is 11.9. The molecule has 5 rings (SSSR count). The highest BCUT2D eigenvalue weighted by molar-refractivity contribution is 5.89. The molecular formula is C30H35N3. The van der Waals surface area contributed by atoms with E-state index in [1.54, 1.807) is 0 Å². The molecule has 0 saturated heterocycles. The monoisotopic (exact) mass is 437 g/mol. The minimum absolute atomic E-state index is 0.0690. The third kappa shape index (κ3) is 2.84. The van der Waals surface area contributed by atoms with E-state index in [1.807, 2.05) is 12.3 Å². The zero-order valence-corrected chi connectivity index (χ0v) is 21.0. The zero-order valence-electron chi connectivity index (χ0n) is 21.0.